The molecule has 18 heavy (non-hydrogen) atoms. The van der Waals surface area contributed by atoms with E-state index in [1.54, 1.807) is 0 Å². The number of nitrogens with zero attached hydrogens (tertiary/aromatic N) is 1. The molecule has 0 spiro atoms. The van der Waals surface area contributed by atoms with Gasteiger partial charge >= 0.3 is 5.97 Å². The SMILES string of the molecule is CCCOC(=O)CCCCCN1C(=O)C=CC1=O. The van der Waals surface area contributed by atoms with Crippen molar-refractivity contribution in [3.8, 4) is 0 Å². The molecular weight excluding hydrogens is 234 g/mol. The zero-order chi connectivity index (χ0) is 13.4. The Morgan fingerprint density at radius 1 is 1.17 bits per heavy atom. The van der Waals surface area contributed by atoms with Gasteiger partial charge in [0.15, 0.2) is 0 Å². The molecule has 0 unspecified atom stereocenters. The lowest BCUT2D eigenvalue weighted by atomic mass is 10.2. The number of unbranched alkanes of at least 4 members (excludes halogenated alkanes) is 2. The van der Waals surface area contributed by atoms with Gasteiger partial charge in [-0.2, -0.15) is 0 Å². The number of imide groups is 1. The van der Waals surface area contributed by atoms with Crippen LogP contribution in [0.2, 0.25) is 0 Å². The third-order valence-corrected chi connectivity index (χ3v) is 2.63. The van der Waals surface area contributed by atoms with Gasteiger partial charge in [-0.25, -0.2) is 0 Å². The number of ether oxygens (including phenoxy) is 1. The number of rotatable bonds is 8. The van der Waals surface area contributed by atoms with Gasteiger partial charge in [0, 0.05) is 25.1 Å². The topological polar surface area (TPSA) is 63.7 Å². The molecule has 1 heterocycles. The van der Waals surface area contributed by atoms with E-state index in [-0.39, 0.29) is 17.8 Å². The minimum absolute atomic E-state index is 0.174. The molecule has 0 N–H and O–H groups in total. The van der Waals surface area contributed by atoms with E-state index in [4.69, 9.17) is 4.74 Å². The minimum Gasteiger partial charge on any atom is -0.466 e. The fourth-order valence-corrected chi connectivity index (χ4v) is 1.66. The molecule has 0 aromatic carbocycles. The molecule has 0 atom stereocenters. The molecule has 0 bridgehead atoms. The Hall–Kier alpha value is -1.65. The smallest absolute Gasteiger partial charge is 0.305 e. The first-order valence-electron chi connectivity index (χ1n) is 6.34. The van der Waals surface area contributed by atoms with E-state index in [1.165, 1.54) is 17.1 Å². The second kappa shape index (κ2) is 7.63. The molecule has 1 aliphatic rings. The Kier molecular flexibility index (Phi) is 6.11. The van der Waals surface area contributed by atoms with Crippen molar-refractivity contribution in [2.24, 2.45) is 0 Å². The third-order valence-electron chi connectivity index (χ3n) is 2.63. The summed E-state index contributed by atoms with van der Waals surface area (Å²) in [5.74, 6) is -0.670. The second-order valence-electron chi connectivity index (χ2n) is 4.19. The number of amides is 2. The predicted molar refractivity (Wildman–Crippen MR) is 65.6 cm³/mol. The minimum atomic E-state index is -0.248. The van der Waals surface area contributed by atoms with Gasteiger partial charge < -0.3 is 4.74 Å². The second-order valence-corrected chi connectivity index (χ2v) is 4.19. The molecular formula is C13H19NO4. The van der Waals surface area contributed by atoms with Crippen LogP contribution in [0.15, 0.2) is 12.2 Å². The largest absolute Gasteiger partial charge is 0.466 e. The maximum atomic E-state index is 11.2. The molecule has 0 fully saturated rings. The van der Waals surface area contributed by atoms with Crippen molar-refractivity contribution in [3.63, 3.8) is 0 Å². The van der Waals surface area contributed by atoms with Gasteiger partial charge in [0.05, 0.1) is 6.61 Å². The Morgan fingerprint density at radius 3 is 2.44 bits per heavy atom. The van der Waals surface area contributed by atoms with Crippen LogP contribution in [0, 0.1) is 0 Å². The lowest BCUT2D eigenvalue weighted by molar-refractivity contribution is -0.144. The predicted octanol–water partition coefficient (Wildman–Crippen LogP) is 1.43. The highest BCUT2D eigenvalue weighted by Crippen LogP contribution is 2.08. The average molecular weight is 253 g/mol. The van der Waals surface area contributed by atoms with Crippen LogP contribution in [-0.2, 0) is 19.1 Å². The van der Waals surface area contributed by atoms with Gasteiger partial charge in [0.1, 0.15) is 0 Å². The summed E-state index contributed by atoms with van der Waals surface area (Å²) in [5.41, 5.74) is 0. The molecule has 100 valence electrons. The van der Waals surface area contributed by atoms with Crippen molar-refractivity contribution >= 4 is 17.8 Å². The Labute approximate surface area is 107 Å². The molecule has 0 aromatic heterocycles. The van der Waals surface area contributed by atoms with Crippen molar-refractivity contribution in [1.29, 1.82) is 0 Å². The molecule has 0 saturated carbocycles. The number of hydrogen-bond acceptors (Lipinski definition) is 4. The summed E-state index contributed by atoms with van der Waals surface area (Å²) >= 11 is 0. The van der Waals surface area contributed by atoms with Crippen molar-refractivity contribution in [1.82, 2.24) is 4.90 Å². The van der Waals surface area contributed by atoms with Crippen molar-refractivity contribution in [3.05, 3.63) is 12.2 Å². The highest BCUT2D eigenvalue weighted by atomic mass is 16.5. The standard InChI is InChI=1S/C13H19NO4/c1-2-10-18-13(17)6-4-3-5-9-14-11(15)7-8-12(14)16/h7-8H,2-6,9-10H2,1H3. The van der Waals surface area contributed by atoms with Crippen molar-refractivity contribution in [2.45, 2.75) is 39.0 Å². The van der Waals surface area contributed by atoms with Crippen LogP contribution in [0.5, 0.6) is 0 Å². The van der Waals surface area contributed by atoms with Crippen LogP contribution >= 0.6 is 0 Å². The maximum absolute atomic E-state index is 11.2. The Balaban J connectivity index is 2.04. The molecule has 0 aromatic rings. The van der Waals surface area contributed by atoms with Crippen LogP contribution < -0.4 is 0 Å². The summed E-state index contributed by atoms with van der Waals surface area (Å²) in [6, 6.07) is 0. The van der Waals surface area contributed by atoms with Crippen molar-refractivity contribution < 1.29 is 19.1 Å². The fraction of sp³-hybridized carbons (Fsp3) is 0.615. The van der Waals surface area contributed by atoms with Gasteiger partial charge in [0.25, 0.3) is 11.8 Å². The summed E-state index contributed by atoms with van der Waals surface area (Å²) in [6.07, 6.45) is 6.05. The van der Waals surface area contributed by atoms with E-state index in [9.17, 15) is 14.4 Å². The first-order chi connectivity index (χ1) is 8.65. The molecule has 2 amide bonds. The summed E-state index contributed by atoms with van der Waals surface area (Å²) < 4.78 is 4.94. The molecule has 5 nitrogen and oxygen atoms in total. The van der Waals surface area contributed by atoms with E-state index >= 15 is 0 Å². The molecule has 0 saturated heterocycles. The van der Waals surface area contributed by atoms with Crippen molar-refractivity contribution in [2.75, 3.05) is 13.2 Å². The highest BCUT2D eigenvalue weighted by molar-refractivity contribution is 6.12. The van der Waals surface area contributed by atoms with Gasteiger partial charge in [-0.1, -0.05) is 13.3 Å². The summed E-state index contributed by atoms with van der Waals surface area (Å²) in [7, 11) is 0. The zero-order valence-corrected chi connectivity index (χ0v) is 10.7. The lowest BCUT2D eigenvalue weighted by Gasteiger charge is -2.12. The lowest BCUT2D eigenvalue weighted by Crippen LogP contribution is -2.30. The van der Waals surface area contributed by atoms with Crippen LogP contribution in [-0.4, -0.2) is 35.8 Å². The zero-order valence-electron chi connectivity index (χ0n) is 10.7. The molecule has 1 rings (SSSR count). The summed E-state index contributed by atoms with van der Waals surface area (Å²) in [5, 5.41) is 0. The van der Waals surface area contributed by atoms with E-state index in [1.807, 2.05) is 6.92 Å². The van der Waals surface area contributed by atoms with Gasteiger partial charge in [-0.15, -0.1) is 0 Å². The van der Waals surface area contributed by atoms with E-state index in [0.29, 0.717) is 19.6 Å². The summed E-state index contributed by atoms with van der Waals surface area (Å²) in [6.45, 7) is 2.85. The van der Waals surface area contributed by atoms with Gasteiger partial charge in [-0.05, 0) is 19.3 Å². The number of carbonyl (C=O) groups is 3. The average Bonchev–Trinajstić information content (AvgIpc) is 2.67. The monoisotopic (exact) mass is 253 g/mol. The van der Waals surface area contributed by atoms with Crippen LogP contribution in [0.4, 0.5) is 0 Å². The van der Waals surface area contributed by atoms with E-state index in [2.05, 4.69) is 0 Å². The van der Waals surface area contributed by atoms with Crippen LogP contribution in [0.25, 0.3) is 0 Å². The first-order valence-corrected chi connectivity index (χ1v) is 6.34. The van der Waals surface area contributed by atoms with Crippen LogP contribution in [0.3, 0.4) is 0 Å². The molecule has 0 aliphatic carbocycles. The normalized spacial score (nSPS) is 14.4. The Bertz CT molecular complexity index is 331. The Morgan fingerprint density at radius 2 is 1.83 bits per heavy atom. The third kappa shape index (κ3) is 4.69. The molecule has 5 heteroatoms. The highest BCUT2D eigenvalue weighted by Gasteiger charge is 2.22. The molecule has 1 aliphatic heterocycles. The summed E-state index contributed by atoms with van der Waals surface area (Å²) in [4.78, 5) is 34.8. The van der Waals surface area contributed by atoms with Crippen LogP contribution in [0.1, 0.15) is 39.0 Å². The molecule has 0 radical (unpaired) electrons. The number of esters is 1. The van der Waals surface area contributed by atoms with E-state index in [0.717, 1.165) is 25.7 Å². The first kappa shape index (κ1) is 14.4. The number of carbonyl (C=O) groups excluding carboxylic acids is 3. The van der Waals surface area contributed by atoms with Gasteiger partial charge in [-0.3, -0.25) is 19.3 Å². The maximum Gasteiger partial charge on any atom is 0.305 e. The quantitative estimate of drug-likeness (QED) is 0.373. The van der Waals surface area contributed by atoms with E-state index < -0.39 is 0 Å². The fourth-order valence-electron chi connectivity index (χ4n) is 1.66. The number of hydrogen-bond donors (Lipinski definition) is 0. The van der Waals surface area contributed by atoms with Gasteiger partial charge in [0.2, 0.25) is 0 Å².